The lowest BCUT2D eigenvalue weighted by molar-refractivity contribution is -0.147. The van der Waals surface area contributed by atoms with E-state index in [1.807, 2.05) is 22.6 Å². The Bertz CT molecular complexity index is 1110. The molecule has 3 rings (SSSR count). The van der Waals surface area contributed by atoms with Gasteiger partial charge in [-0.3, -0.25) is 9.69 Å². The third kappa shape index (κ3) is 5.10. The predicted octanol–water partition coefficient (Wildman–Crippen LogP) is 2.70. The minimum absolute atomic E-state index is 0.0243. The quantitative estimate of drug-likeness (QED) is 0.240. The molecular weight excluding hydrogens is 535 g/mol. The molecule has 10 nitrogen and oxygen atoms in total. The lowest BCUT2D eigenvalue weighted by Crippen LogP contribution is -2.30. The first-order valence-electron chi connectivity index (χ1n) is 9.29. The number of methoxy groups -OCH3 is 2. The van der Waals surface area contributed by atoms with Gasteiger partial charge in [-0.05, 0) is 65.4 Å². The second-order valence-corrected chi connectivity index (χ2v) is 7.77. The second kappa shape index (κ2) is 9.85. The number of benzene rings is 1. The van der Waals surface area contributed by atoms with Crippen molar-refractivity contribution in [1.29, 1.82) is 0 Å². The Labute approximate surface area is 196 Å². The van der Waals surface area contributed by atoms with E-state index in [0.29, 0.717) is 14.9 Å². The van der Waals surface area contributed by atoms with Gasteiger partial charge in [0.25, 0.3) is 5.91 Å². The van der Waals surface area contributed by atoms with Gasteiger partial charge in [0.1, 0.15) is 17.2 Å². The summed E-state index contributed by atoms with van der Waals surface area (Å²) in [7, 11) is 2.50. The van der Waals surface area contributed by atoms with Crippen molar-refractivity contribution in [3.05, 3.63) is 56.7 Å². The molecule has 1 atom stereocenters. The number of carbonyl (C=O) groups excluding carboxylic acids is 4. The van der Waals surface area contributed by atoms with Crippen molar-refractivity contribution in [2.75, 3.05) is 14.2 Å². The number of hydrogen-bond acceptors (Lipinski definition) is 8. The number of hydrogen-bond donors (Lipinski definition) is 1. The highest BCUT2D eigenvalue weighted by Gasteiger charge is 2.34. The van der Waals surface area contributed by atoms with E-state index in [4.69, 9.17) is 9.15 Å². The molecule has 1 aliphatic rings. The number of nitrogens with zero attached hydrogens (tertiary/aromatic N) is 1. The number of rotatable bonds is 7. The first-order valence-corrected chi connectivity index (χ1v) is 10.4. The fourth-order valence-electron chi connectivity index (χ4n) is 2.82. The Hall–Kier alpha value is -3.35. The van der Waals surface area contributed by atoms with E-state index in [1.54, 1.807) is 25.1 Å². The maximum atomic E-state index is 12.7. The van der Waals surface area contributed by atoms with Crippen LogP contribution in [0.4, 0.5) is 4.79 Å². The molecule has 1 aliphatic heterocycles. The normalized spacial score (nSPS) is 15.5. The zero-order valence-corrected chi connectivity index (χ0v) is 19.5. The summed E-state index contributed by atoms with van der Waals surface area (Å²) in [5.41, 5.74) is 0.728. The number of ether oxygens (including phenoxy) is 3. The highest BCUT2D eigenvalue weighted by Crippen LogP contribution is 2.25. The van der Waals surface area contributed by atoms with Crippen LogP contribution in [0.25, 0.3) is 6.08 Å². The molecule has 1 fully saturated rings. The van der Waals surface area contributed by atoms with Gasteiger partial charge in [0.05, 0.1) is 24.3 Å². The van der Waals surface area contributed by atoms with Gasteiger partial charge in [-0.15, -0.1) is 0 Å². The van der Waals surface area contributed by atoms with Crippen molar-refractivity contribution < 1.29 is 37.8 Å². The molecule has 0 radical (unpaired) electrons. The lowest BCUT2D eigenvalue weighted by Gasteiger charge is -2.14. The van der Waals surface area contributed by atoms with Gasteiger partial charge in [-0.2, -0.15) is 0 Å². The summed E-state index contributed by atoms with van der Waals surface area (Å²) in [5, 5.41) is 2.52. The number of carbonyl (C=O) groups is 4. The molecule has 1 aromatic carbocycles. The highest BCUT2D eigenvalue weighted by atomic mass is 127. The largest absolute Gasteiger partial charge is 0.478 e. The predicted molar refractivity (Wildman–Crippen MR) is 118 cm³/mol. The standard InChI is InChI=1S/C21H19IN2O8/c1-11(19(26)29-2)31-16-6-4-12(8-14(16)22)9-15-18(25)24(21(28)23-15)10-13-5-7-17(32-13)20(27)30-3/h4-9,11H,10H2,1-3H3,(H,23,28)/b15-9-/t11-/m1/s1. The number of urea groups is 1. The van der Waals surface area contributed by atoms with Gasteiger partial charge in [-0.1, -0.05) is 6.07 Å². The van der Waals surface area contributed by atoms with Crippen molar-refractivity contribution in [3.63, 3.8) is 0 Å². The smallest absolute Gasteiger partial charge is 0.373 e. The molecular formula is C21H19IN2O8. The molecule has 3 amide bonds. The van der Waals surface area contributed by atoms with Crippen LogP contribution in [0.1, 0.15) is 28.8 Å². The van der Waals surface area contributed by atoms with Crippen molar-refractivity contribution >= 4 is 52.5 Å². The first kappa shape index (κ1) is 23.3. The maximum Gasteiger partial charge on any atom is 0.373 e. The van der Waals surface area contributed by atoms with E-state index in [2.05, 4.69) is 14.8 Å². The molecule has 0 unspecified atom stereocenters. The van der Waals surface area contributed by atoms with E-state index >= 15 is 0 Å². The van der Waals surface area contributed by atoms with Crippen LogP contribution in [0, 0.1) is 3.57 Å². The zero-order valence-electron chi connectivity index (χ0n) is 17.3. The maximum absolute atomic E-state index is 12.7. The molecule has 1 N–H and O–H groups in total. The van der Waals surface area contributed by atoms with Crippen LogP contribution in [0.15, 0.2) is 40.4 Å². The second-order valence-electron chi connectivity index (χ2n) is 6.61. The summed E-state index contributed by atoms with van der Waals surface area (Å²) in [5.74, 6) is -0.984. The fraction of sp³-hybridized carbons (Fsp3) is 0.238. The minimum atomic E-state index is -0.775. The van der Waals surface area contributed by atoms with Crippen LogP contribution in [-0.4, -0.2) is 49.1 Å². The average molecular weight is 554 g/mol. The minimum Gasteiger partial charge on any atom is -0.478 e. The number of amides is 3. The number of esters is 2. The van der Waals surface area contributed by atoms with E-state index in [9.17, 15) is 19.2 Å². The molecule has 11 heteroatoms. The van der Waals surface area contributed by atoms with Crippen LogP contribution in [0.3, 0.4) is 0 Å². The summed E-state index contributed by atoms with van der Waals surface area (Å²) in [6.07, 6.45) is 0.751. The number of halogens is 1. The van der Waals surface area contributed by atoms with Crippen molar-refractivity contribution in [2.24, 2.45) is 0 Å². The molecule has 168 valence electrons. The van der Waals surface area contributed by atoms with Gasteiger partial charge in [-0.25, -0.2) is 14.4 Å². The molecule has 2 heterocycles. The van der Waals surface area contributed by atoms with E-state index < -0.39 is 30.0 Å². The Morgan fingerprint density at radius 3 is 2.59 bits per heavy atom. The van der Waals surface area contributed by atoms with Crippen LogP contribution in [-0.2, 0) is 25.6 Å². The van der Waals surface area contributed by atoms with E-state index in [0.717, 1.165) is 4.90 Å². The Kier molecular flexibility index (Phi) is 7.18. The van der Waals surface area contributed by atoms with E-state index in [1.165, 1.54) is 32.4 Å². The summed E-state index contributed by atoms with van der Waals surface area (Å²) < 4.78 is 20.8. The van der Waals surface area contributed by atoms with Gasteiger partial charge in [0.2, 0.25) is 5.76 Å². The van der Waals surface area contributed by atoms with Crippen molar-refractivity contribution in [3.8, 4) is 5.75 Å². The van der Waals surface area contributed by atoms with Crippen LogP contribution in [0.2, 0.25) is 0 Å². The third-order valence-corrected chi connectivity index (χ3v) is 5.27. The van der Waals surface area contributed by atoms with Crippen LogP contribution in [0.5, 0.6) is 5.75 Å². The van der Waals surface area contributed by atoms with Gasteiger partial charge < -0.3 is 23.9 Å². The van der Waals surface area contributed by atoms with Crippen LogP contribution >= 0.6 is 22.6 Å². The molecule has 0 spiro atoms. The fourth-order valence-corrected chi connectivity index (χ4v) is 3.48. The Morgan fingerprint density at radius 2 is 1.94 bits per heavy atom. The molecule has 0 saturated carbocycles. The average Bonchev–Trinajstić information content (AvgIpc) is 3.35. The zero-order chi connectivity index (χ0) is 23.4. The lowest BCUT2D eigenvalue weighted by atomic mass is 10.2. The summed E-state index contributed by atoms with van der Waals surface area (Å²) >= 11 is 2.04. The topological polar surface area (TPSA) is 124 Å². The molecule has 1 aromatic heterocycles. The monoisotopic (exact) mass is 554 g/mol. The van der Waals surface area contributed by atoms with Gasteiger partial charge in [0, 0.05) is 0 Å². The third-order valence-electron chi connectivity index (χ3n) is 4.43. The summed E-state index contributed by atoms with van der Waals surface area (Å²) in [4.78, 5) is 49.0. The highest BCUT2D eigenvalue weighted by molar-refractivity contribution is 14.1. The molecule has 1 saturated heterocycles. The molecule has 32 heavy (non-hydrogen) atoms. The Morgan fingerprint density at radius 1 is 1.19 bits per heavy atom. The number of imide groups is 1. The van der Waals surface area contributed by atoms with Gasteiger partial charge in [0.15, 0.2) is 6.10 Å². The summed E-state index contributed by atoms with van der Waals surface area (Å²) in [6, 6.07) is 7.37. The molecule has 0 bridgehead atoms. The van der Waals surface area contributed by atoms with Crippen molar-refractivity contribution in [1.82, 2.24) is 10.2 Å². The number of furan rings is 1. The Balaban J connectivity index is 1.72. The van der Waals surface area contributed by atoms with Gasteiger partial charge >= 0.3 is 18.0 Å². The number of nitrogens with one attached hydrogen (secondary N) is 1. The molecule has 0 aliphatic carbocycles. The first-order chi connectivity index (χ1) is 15.2. The van der Waals surface area contributed by atoms with Crippen molar-refractivity contribution in [2.45, 2.75) is 19.6 Å². The van der Waals surface area contributed by atoms with E-state index in [-0.39, 0.29) is 23.8 Å². The molecule has 2 aromatic rings. The summed E-state index contributed by atoms with van der Waals surface area (Å²) in [6.45, 7) is 1.43. The SMILES string of the molecule is COC(=O)c1ccc(CN2C(=O)N/C(=C\c3ccc(O[C@H](C)C(=O)OC)c(I)c3)C2=O)o1. The van der Waals surface area contributed by atoms with Crippen LogP contribution < -0.4 is 10.1 Å².